The Labute approximate surface area is 94.8 Å². The van der Waals surface area contributed by atoms with Crippen LogP contribution in [0.15, 0.2) is 27.6 Å². The largest absolute Gasteiger partial charge is 0.366 e. The first-order chi connectivity index (χ1) is 7.68. The Bertz CT molecular complexity index is 758. The number of halogens is 1. The lowest BCUT2D eigenvalue weighted by molar-refractivity contribution is 0.400. The molecule has 4 nitrogen and oxygen atoms in total. The van der Waals surface area contributed by atoms with Crippen LogP contribution in [-0.2, 0) is 0 Å². The molecular formula is C11H7ClN2O2. The van der Waals surface area contributed by atoms with Crippen LogP contribution < -0.4 is 5.63 Å². The molecule has 1 aromatic carbocycles. The van der Waals surface area contributed by atoms with Crippen LogP contribution in [0.25, 0.3) is 21.8 Å². The first-order valence-electron chi connectivity index (χ1n) is 4.73. The van der Waals surface area contributed by atoms with E-state index in [0.717, 1.165) is 16.5 Å². The quantitative estimate of drug-likeness (QED) is 0.651. The van der Waals surface area contributed by atoms with Crippen molar-refractivity contribution in [2.45, 2.75) is 6.92 Å². The molecule has 0 fully saturated rings. The van der Waals surface area contributed by atoms with Gasteiger partial charge in [-0.3, -0.25) is 4.98 Å². The van der Waals surface area contributed by atoms with Gasteiger partial charge in [0.15, 0.2) is 0 Å². The Morgan fingerprint density at radius 3 is 3.00 bits per heavy atom. The molecule has 0 amide bonds. The molecule has 0 aliphatic carbocycles. The van der Waals surface area contributed by atoms with E-state index in [2.05, 4.69) is 10.1 Å². The molecule has 3 rings (SSSR count). The van der Waals surface area contributed by atoms with E-state index in [9.17, 15) is 4.79 Å². The van der Waals surface area contributed by atoms with Crippen LogP contribution >= 0.6 is 11.6 Å². The minimum absolute atomic E-state index is 0.406. The molecule has 0 aliphatic rings. The number of hydrogen-bond donors (Lipinski definition) is 1. The lowest BCUT2D eigenvalue weighted by Crippen LogP contribution is -1.92. The normalized spacial score (nSPS) is 11.4. The third-order valence-electron chi connectivity index (χ3n) is 2.69. The third-order valence-corrected chi connectivity index (χ3v) is 3.10. The first-order valence-corrected chi connectivity index (χ1v) is 5.11. The molecule has 2 aromatic heterocycles. The van der Waals surface area contributed by atoms with Crippen molar-refractivity contribution < 1.29 is 4.52 Å². The van der Waals surface area contributed by atoms with Crippen molar-refractivity contribution in [1.29, 1.82) is 0 Å². The van der Waals surface area contributed by atoms with E-state index in [1.54, 1.807) is 6.07 Å². The molecule has 80 valence electrons. The van der Waals surface area contributed by atoms with Crippen LogP contribution in [0.4, 0.5) is 0 Å². The SMILES string of the molecule is Cc1c(Cl)ccc2c1ncc1c(=O)o[nH]c12. The molecule has 0 atom stereocenters. The summed E-state index contributed by atoms with van der Waals surface area (Å²) in [5.41, 5.74) is 1.92. The Hall–Kier alpha value is -1.81. The fourth-order valence-electron chi connectivity index (χ4n) is 1.80. The standard InChI is InChI=1S/C11H7ClN2O2/c1-5-8(12)3-2-6-9(5)13-4-7-10(6)14-16-11(7)15/h2-4,14H,1H3. The van der Waals surface area contributed by atoms with Gasteiger partial charge in [0.1, 0.15) is 5.39 Å². The minimum atomic E-state index is -0.406. The summed E-state index contributed by atoms with van der Waals surface area (Å²) < 4.78 is 4.74. The highest BCUT2D eigenvalue weighted by Gasteiger charge is 2.10. The van der Waals surface area contributed by atoms with E-state index in [4.69, 9.17) is 16.1 Å². The zero-order chi connectivity index (χ0) is 11.3. The van der Waals surface area contributed by atoms with Crippen molar-refractivity contribution in [2.75, 3.05) is 0 Å². The van der Waals surface area contributed by atoms with Gasteiger partial charge in [-0.25, -0.2) is 9.95 Å². The zero-order valence-electron chi connectivity index (χ0n) is 8.37. The van der Waals surface area contributed by atoms with Crippen LogP contribution in [0, 0.1) is 6.92 Å². The molecule has 0 aliphatic heterocycles. The van der Waals surface area contributed by atoms with Gasteiger partial charge in [-0.1, -0.05) is 11.6 Å². The van der Waals surface area contributed by atoms with Gasteiger partial charge in [-0.15, -0.1) is 0 Å². The number of pyridine rings is 1. The fraction of sp³-hybridized carbons (Fsp3) is 0.0909. The van der Waals surface area contributed by atoms with Crippen LogP contribution in [0.1, 0.15) is 5.56 Å². The first kappa shape index (κ1) is 9.42. The van der Waals surface area contributed by atoms with Crippen molar-refractivity contribution >= 4 is 33.4 Å². The van der Waals surface area contributed by atoms with Crippen molar-refractivity contribution in [3.05, 3.63) is 39.3 Å². The predicted octanol–water partition coefficient (Wildman–Crippen LogP) is 2.63. The molecule has 1 N–H and O–H groups in total. The number of aromatic amines is 1. The highest BCUT2D eigenvalue weighted by atomic mass is 35.5. The van der Waals surface area contributed by atoms with E-state index in [1.807, 2.05) is 13.0 Å². The topological polar surface area (TPSA) is 58.9 Å². The molecule has 0 radical (unpaired) electrons. The van der Waals surface area contributed by atoms with Crippen LogP contribution in [0.3, 0.4) is 0 Å². The number of benzene rings is 1. The van der Waals surface area contributed by atoms with Crippen LogP contribution in [0.2, 0.25) is 5.02 Å². The van der Waals surface area contributed by atoms with E-state index in [-0.39, 0.29) is 0 Å². The van der Waals surface area contributed by atoms with Crippen LogP contribution in [-0.4, -0.2) is 10.1 Å². The minimum Gasteiger partial charge on any atom is -0.338 e. The maximum atomic E-state index is 11.3. The summed E-state index contributed by atoms with van der Waals surface area (Å²) in [7, 11) is 0. The number of rotatable bonds is 0. The van der Waals surface area contributed by atoms with E-state index >= 15 is 0 Å². The second kappa shape index (κ2) is 3.09. The number of aromatic nitrogens is 2. The maximum absolute atomic E-state index is 11.3. The molecule has 0 spiro atoms. The van der Waals surface area contributed by atoms with E-state index < -0.39 is 5.63 Å². The van der Waals surface area contributed by atoms with Gasteiger partial charge in [0.25, 0.3) is 0 Å². The zero-order valence-corrected chi connectivity index (χ0v) is 9.13. The van der Waals surface area contributed by atoms with Gasteiger partial charge < -0.3 is 4.52 Å². The summed E-state index contributed by atoms with van der Waals surface area (Å²) >= 11 is 6.01. The number of H-pyrrole nitrogens is 1. The Morgan fingerprint density at radius 1 is 1.38 bits per heavy atom. The van der Waals surface area contributed by atoms with Gasteiger partial charge in [0.05, 0.1) is 11.0 Å². The van der Waals surface area contributed by atoms with Gasteiger partial charge in [-0.2, -0.15) is 0 Å². The van der Waals surface area contributed by atoms with Gasteiger partial charge in [-0.05, 0) is 24.6 Å². The smallest absolute Gasteiger partial charge is 0.338 e. The number of nitrogens with one attached hydrogen (secondary N) is 1. The lowest BCUT2D eigenvalue weighted by atomic mass is 10.1. The summed E-state index contributed by atoms with van der Waals surface area (Å²) in [6, 6.07) is 3.61. The van der Waals surface area contributed by atoms with E-state index in [1.165, 1.54) is 6.20 Å². The summed E-state index contributed by atoms with van der Waals surface area (Å²) in [5, 5.41) is 4.56. The molecule has 5 heteroatoms. The Morgan fingerprint density at radius 2 is 2.19 bits per heavy atom. The van der Waals surface area contributed by atoms with Gasteiger partial charge in [0.2, 0.25) is 0 Å². The van der Waals surface area contributed by atoms with Crippen molar-refractivity contribution in [2.24, 2.45) is 0 Å². The highest BCUT2D eigenvalue weighted by molar-refractivity contribution is 6.32. The summed E-state index contributed by atoms with van der Waals surface area (Å²) in [4.78, 5) is 15.5. The molecule has 0 unspecified atom stereocenters. The number of aryl methyl sites for hydroxylation is 1. The number of fused-ring (bicyclic) bond motifs is 3. The maximum Gasteiger partial charge on any atom is 0.366 e. The van der Waals surface area contributed by atoms with Crippen molar-refractivity contribution in [3.63, 3.8) is 0 Å². The number of nitrogens with zero attached hydrogens (tertiary/aromatic N) is 1. The number of hydrogen-bond acceptors (Lipinski definition) is 3. The van der Waals surface area contributed by atoms with Gasteiger partial charge in [0, 0.05) is 16.6 Å². The molecular weight excluding hydrogens is 228 g/mol. The molecule has 16 heavy (non-hydrogen) atoms. The van der Waals surface area contributed by atoms with Crippen molar-refractivity contribution in [1.82, 2.24) is 10.1 Å². The molecule has 0 bridgehead atoms. The summed E-state index contributed by atoms with van der Waals surface area (Å²) in [6.07, 6.45) is 1.50. The van der Waals surface area contributed by atoms with E-state index in [0.29, 0.717) is 15.9 Å². The third kappa shape index (κ3) is 1.10. The predicted molar refractivity (Wildman–Crippen MR) is 61.9 cm³/mol. The van der Waals surface area contributed by atoms with Crippen LogP contribution in [0.5, 0.6) is 0 Å². The average molecular weight is 235 g/mol. The second-order valence-corrected chi connectivity index (χ2v) is 4.01. The lowest BCUT2D eigenvalue weighted by Gasteiger charge is -2.02. The second-order valence-electron chi connectivity index (χ2n) is 3.61. The fourth-order valence-corrected chi connectivity index (χ4v) is 1.95. The molecule has 0 saturated carbocycles. The monoisotopic (exact) mass is 234 g/mol. The average Bonchev–Trinajstić information content (AvgIpc) is 2.66. The van der Waals surface area contributed by atoms with Gasteiger partial charge >= 0.3 is 5.63 Å². The Kier molecular flexibility index (Phi) is 1.82. The Balaban J connectivity index is 2.63. The summed E-state index contributed by atoms with van der Waals surface area (Å²) in [5.74, 6) is 0. The summed E-state index contributed by atoms with van der Waals surface area (Å²) in [6.45, 7) is 1.89. The highest BCUT2D eigenvalue weighted by Crippen LogP contribution is 2.27. The molecule has 3 aromatic rings. The molecule has 2 heterocycles. The molecule has 0 saturated heterocycles. The van der Waals surface area contributed by atoms with Crippen molar-refractivity contribution in [3.8, 4) is 0 Å².